The highest BCUT2D eigenvalue weighted by molar-refractivity contribution is 9.10. The topological polar surface area (TPSA) is 29.4 Å². The predicted octanol–water partition coefficient (Wildman–Crippen LogP) is 4.30. The zero-order chi connectivity index (χ0) is 14.5. The first-order valence-electron chi connectivity index (χ1n) is 6.87. The van der Waals surface area contributed by atoms with Crippen LogP contribution < -0.4 is 0 Å². The number of rotatable bonds is 1. The summed E-state index contributed by atoms with van der Waals surface area (Å²) in [5, 5.41) is 0. The number of hydrogen-bond donors (Lipinski definition) is 0. The van der Waals surface area contributed by atoms with Gasteiger partial charge in [-0.25, -0.2) is 4.21 Å². The highest BCUT2D eigenvalue weighted by Crippen LogP contribution is 2.61. The van der Waals surface area contributed by atoms with E-state index in [2.05, 4.69) is 44.4 Å². The van der Waals surface area contributed by atoms with E-state index in [1.54, 1.807) is 0 Å². The summed E-state index contributed by atoms with van der Waals surface area (Å²) in [4.78, 5) is 0. The lowest BCUT2D eigenvalue weighted by Crippen LogP contribution is -2.19. The van der Waals surface area contributed by atoms with Crippen molar-refractivity contribution in [2.24, 2.45) is 9.81 Å². The van der Waals surface area contributed by atoms with Gasteiger partial charge in [0.25, 0.3) is 0 Å². The highest BCUT2D eigenvalue weighted by atomic mass is 79.9. The molecule has 2 aliphatic rings. The molecule has 0 saturated heterocycles. The second-order valence-electron chi connectivity index (χ2n) is 6.70. The molecule has 0 aliphatic heterocycles. The summed E-state index contributed by atoms with van der Waals surface area (Å²) in [5.74, 6) is 3.14. The summed E-state index contributed by atoms with van der Waals surface area (Å²) in [6.45, 7) is 5.81. The fourth-order valence-corrected chi connectivity index (χ4v) is 3.46. The van der Waals surface area contributed by atoms with Crippen molar-refractivity contribution < 1.29 is 4.21 Å². The second kappa shape index (κ2) is 4.66. The van der Waals surface area contributed by atoms with E-state index in [4.69, 9.17) is 0 Å². The first kappa shape index (κ1) is 14.2. The molecule has 1 saturated carbocycles. The molecule has 2 nitrogen and oxygen atoms in total. The summed E-state index contributed by atoms with van der Waals surface area (Å²) in [5.41, 5.74) is 3.98. The summed E-state index contributed by atoms with van der Waals surface area (Å²) in [6, 6.07) is 6.40. The van der Waals surface area contributed by atoms with Crippen molar-refractivity contribution in [3.8, 4) is 0 Å². The van der Waals surface area contributed by atoms with Crippen LogP contribution in [0.4, 0.5) is 0 Å². The van der Waals surface area contributed by atoms with E-state index in [1.807, 2.05) is 20.8 Å². The van der Waals surface area contributed by atoms with Crippen LogP contribution in [0.1, 0.15) is 44.7 Å². The normalized spacial score (nSPS) is 20.5. The zero-order valence-corrected chi connectivity index (χ0v) is 14.4. The summed E-state index contributed by atoms with van der Waals surface area (Å²) in [7, 11) is -1.24. The minimum Gasteiger partial charge on any atom is -0.234 e. The van der Waals surface area contributed by atoms with E-state index < -0.39 is 11.0 Å². The fraction of sp³-hybridized carbons (Fsp3) is 0.500. The molecule has 0 amide bonds. The van der Waals surface area contributed by atoms with Gasteiger partial charge in [-0.2, -0.15) is 0 Å². The number of benzene rings is 1. The Morgan fingerprint density at radius 2 is 2.05 bits per heavy atom. The number of nitrogens with zero attached hydrogens (tertiary/aromatic N) is 1. The number of allylic oxidation sites excluding steroid dienone is 1. The van der Waals surface area contributed by atoms with Crippen molar-refractivity contribution in [2.45, 2.75) is 44.8 Å². The standard InChI is InChI=1S/C16H18BrNOS/c1-15(2,3)20(19)18-10-14-13-8-12(17)5-4-11(13)9-16(14)6-7-16/h4-5,8H,6-7,9H2,1-3H3. The van der Waals surface area contributed by atoms with Crippen LogP contribution in [-0.4, -0.2) is 14.8 Å². The summed E-state index contributed by atoms with van der Waals surface area (Å²) >= 11 is 3.53. The van der Waals surface area contributed by atoms with Gasteiger partial charge in [0.1, 0.15) is 0 Å². The van der Waals surface area contributed by atoms with E-state index >= 15 is 0 Å². The molecule has 106 valence electrons. The molecule has 1 aromatic rings. The van der Waals surface area contributed by atoms with Crippen LogP contribution in [0.25, 0.3) is 5.57 Å². The van der Waals surface area contributed by atoms with Gasteiger partial charge in [-0.05, 0) is 63.3 Å². The number of halogens is 1. The molecule has 0 bridgehead atoms. The predicted molar refractivity (Wildman–Crippen MR) is 88.3 cm³/mol. The zero-order valence-electron chi connectivity index (χ0n) is 12.0. The van der Waals surface area contributed by atoms with Crippen molar-refractivity contribution in [2.75, 3.05) is 0 Å². The van der Waals surface area contributed by atoms with Crippen molar-refractivity contribution in [3.63, 3.8) is 0 Å². The lowest BCUT2D eigenvalue weighted by molar-refractivity contribution is 0.651. The second-order valence-corrected chi connectivity index (χ2v) is 9.52. The Morgan fingerprint density at radius 1 is 1.35 bits per heavy atom. The largest absolute Gasteiger partial charge is 0.234 e. The average Bonchev–Trinajstić information content (AvgIpc) is 3.04. The quantitative estimate of drug-likeness (QED) is 0.693. The molecule has 0 aromatic heterocycles. The van der Waals surface area contributed by atoms with Gasteiger partial charge in [0.05, 0.1) is 4.75 Å². The average molecular weight is 352 g/mol. The lowest BCUT2D eigenvalue weighted by atomic mass is 9.98. The van der Waals surface area contributed by atoms with Crippen LogP contribution in [0, 0.1) is 5.41 Å². The van der Waals surface area contributed by atoms with Gasteiger partial charge in [0, 0.05) is 21.3 Å². The van der Waals surface area contributed by atoms with Crippen molar-refractivity contribution in [1.82, 2.24) is 0 Å². The minimum atomic E-state index is -1.24. The van der Waals surface area contributed by atoms with Crippen LogP contribution >= 0.6 is 15.9 Å². The molecule has 1 aromatic carbocycles. The van der Waals surface area contributed by atoms with Gasteiger partial charge < -0.3 is 0 Å². The molecular weight excluding hydrogens is 334 g/mol. The first-order chi connectivity index (χ1) is 9.32. The molecule has 3 rings (SSSR count). The smallest absolute Gasteiger partial charge is 0.153 e. The molecule has 20 heavy (non-hydrogen) atoms. The maximum atomic E-state index is 12.1. The van der Waals surface area contributed by atoms with E-state index in [-0.39, 0.29) is 10.2 Å². The maximum absolute atomic E-state index is 12.1. The summed E-state index contributed by atoms with van der Waals surface area (Å²) < 4.78 is 17.0. The third kappa shape index (κ3) is 2.45. The van der Waals surface area contributed by atoms with Gasteiger partial charge >= 0.3 is 0 Å². The Labute approximate surface area is 131 Å². The Balaban J connectivity index is 2.07. The molecule has 2 aliphatic carbocycles. The Morgan fingerprint density at radius 3 is 2.65 bits per heavy atom. The van der Waals surface area contributed by atoms with E-state index in [0.29, 0.717) is 0 Å². The monoisotopic (exact) mass is 351 g/mol. The molecule has 4 heteroatoms. The third-order valence-corrected chi connectivity index (χ3v) is 5.82. The van der Waals surface area contributed by atoms with Gasteiger partial charge in [0.2, 0.25) is 0 Å². The first-order valence-corrected chi connectivity index (χ1v) is 8.77. The Hall–Kier alpha value is -0.700. The molecule has 0 radical (unpaired) electrons. The van der Waals surface area contributed by atoms with Gasteiger partial charge in [0.15, 0.2) is 11.0 Å². The van der Waals surface area contributed by atoms with E-state index in [0.717, 1.165) is 16.5 Å². The number of fused-ring (bicyclic) bond motifs is 1. The lowest BCUT2D eigenvalue weighted by Gasteiger charge is -2.12. The SMILES string of the molecule is CC(C)(C)S(=O)N=C=C1c2cc(Br)ccc2CC12CC2. The molecule has 0 heterocycles. The van der Waals surface area contributed by atoms with E-state index in [1.165, 1.54) is 24.0 Å². The van der Waals surface area contributed by atoms with Gasteiger partial charge in [-0.15, -0.1) is 4.40 Å². The van der Waals surface area contributed by atoms with Crippen LogP contribution in [0.2, 0.25) is 0 Å². The molecule has 1 unspecified atom stereocenters. The van der Waals surface area contributed by atoms with Crippen molar-refractivity contribution >= 4 is 38.4 Å². The number of hydrogen-bond acceptors (Lipinski definition) is 1. The molecule has 0 N–H and O–H groups in total. The van der Waals surface area contributed by atoms with Crippen molar-refractivity contribution in [1.29, 1.82) is 0 Å². The van der Waals surface area contributed by atoms with Crippen LogP contribution in [0.15, 0.2) is 27.1 Å². The van der Waals surface area contributed by atoms with Gasteiger partial charge in [-0.3, -0.25) is 0 Å². The Bertz CT molecular complexity index is 662. The Kier molecular flexibility index (Phi) is 3.32. The fourth-order valence-electron chi connectivity index (χ4n) is 2.65. The van der Waals surface area contributed by atoms with Crippen molar-refractivity contribution in [3.05, 3.63) is 33.8 Å². The molecule has 1 spiro atoms. The molecular formula is C16H18BrNOS. The van der Waals surface area contributed by atoms with Crippen LogP contribution in [0.5, 0.6) is 0 Å². The van der Waals surface area contributed by atoms with Gasteiger partial charge in [-0.1, -0.05) is 22.0 Å². The maximum Gasteiger partial charge on any atom is 0.153 e. The molecule has 1 atom stereocenters. The minimum absolute atomic E-state index is 0.231. The van der Waals surface area contributed by atoms with Crippen LogP contribution in [0.3, 0.4) is 0 Å². The highest BCUT2D eigenvalue weighted by Gasteiger charge is 2.51. The summed E-state index contributed by atoms with van der Waals surface area (Å²) in [6.07, 6.45) is 3.47. The van der Waals surface area contributed by atoms with Crippen LogP contribution in [-0.2, 0) is 17.4 Å². The van der Waals surface area contributed by atoms with E-state index in [9.17, 15) is 4.21 Å². The molecule has 1 fully saturated rings. The third-order valence-electron chi connectivity index (χ3n) is 4.02.